The minimum Gasteiger partial charge on any atom is -0.507 e. The van der Waals surface area contributed by atoms with Crippen LogP contribution in [-0.2, 0) is 12.6 Å². The van der Waals surface area contributed by atoms with Gasteiger partial charge in [-0.05, 0) is 81.8 Å². The second-order valence-electron chi connectivity index (χ2n) is 8.10. The Labute approximate surface area is 162 Å². The number of fused-ring (bicyclic) bond motifs is 2. The molecule has 0 spiro atoms. The molecule has 3 unspecified atom stereocenters. The summed E-state index contributed by atoms with van der Waals surface area (Å²) in [6, 6.07) is 6.70. The first kappa shape index (κ1) is 19.2. The highest BCUT2D eigenvalue weighted by atomic mass is 19.4. The number of nitrogens with zero attached hydrogens (tertiary/aromatic N) is 3. The van der Waals surface area contributed by atoms with Gasteiger partial charge in [-0.3, -0.25) is 0 Å². The number of alkyl halides is 3. The summed E-state index contributed by atoms with van der Waals surface area (Å²) in [6.07, 6.45) is 1.28. The SMILES string of the molecule is Cc1cc(C(F)(F)F)cc(O)c1-c1ccc(CC2CCC3CCC2N3C)nn1. The van der Waals surface area contributed by atoms with Gasteiger partial charge < -0.3 is 10.0 Å². The average molecular weight is 391 g/mol. The summed E-state index contributed by atoms with van der Waals surface area (Å²) in [7, 11) is 2.21. The number of hydrogen-bond acceptors (Lipinski definition) is 4. The van der Waals surface area contributed by atoms with E-state index in [1.165, 1.54) is 32.6 Å². The van der Waals surface area contributed by atoms with Crippen LogP contribution in [0.25, 0.3) is 11.3 Å². The highest BCUT2D eigenvalue weighted by Crippen LogP contribution is 2.40. The molecular weight excluding hydrogens is 367 g/mol. The predicted octanol–water partition coefficient (Wildman–Crippen LogP) is 4.59. The van der Waals surface area contributed by atoms with Crippen LogP contribution in [0.15, 0.2) is 24.3 Å². The topological polar surface area (TPSA) is 49.2 Å². The van der Waals surface area contributed by atoms with Crippen molar-refractivity contribution >= 4 is 0 Å². The van der Waals surface area contributed by atoms with E-state index in [0.717, 1.165) is 30.3 Å². The predicted molar refractivity (Wildman–Crippen MR) is 99.9 cm³/mol. The third-order valence-electron chi connectivity index (χ3n) is 6.40. The van der Waals surface area contributed by atoms with Gasteiger partial charge in [-0.2, -0.15) is 23.4 Å². The van der Waals surface area contributed by atoms with E-state index in [4.69, 9.17) is 0 Å². The van der Waals surface area contributed by atoms with Crippen molar-refractivity contribution in [2.24, 2.45) is 5.92 Å². The van der Waals surface area contributed by atoms with Crippen LogP contribution in [0.5, 0.6) is 5.75 Å². The second-order valence-corrected chi connectivity index (χ2v) is 8.10. The number of rotatable bonds is 3. The van der Waals surface area contributed by atoms with Gasteiger partial charge in [0.15, 0.2) is 0 Å². The van der Waals surface area contributed by atoms with E-state index in [0.29, 0.717) is 28.8 Å². The van der Waals surface area contributed by atoms with E-state index in [1.807, 2.05) is 6.07 Å². The summed E-state index contributed by atoms with van der Waals surface area (Å²) < 4.78 is 38.7. The summed E-state index contributed by atoms with van der Waals surface area (Å²) in [6.45, 7) is 1.54. The van der Waals surface area contributed by atoms with E-state index in [2.05, 4.69) is 22.1 Å². The van der Waals surface area contributed by atoms with Crippen molar-refractivity contribution in [3.63, 3.8) is 0 Å². The first-order valence-electron chi connectivity index (χ1n) is 9.69. The highest BCUT2D eigenvalue weighted by molar-refractivity contribution is 5.71. The molecule has 0 saturated carbocycles. The lowest BCUT2D eigenvalue weighted by Crippen LogP contribution is -2.42. The number of benzene rings is 1. The number of aromatic nitrogens is 2. The fourth-order valence-corrected chi connectivity index (χ4v) is 4.93. The maximum atomic E-state index is 12.9. The fraction of sp³-hybridized carbons (Fsp3) is 0.524. The molecule has 4 nitrogen and oxygen atoms in total. The molecule has 2 aliphatic heterocycles. The van der Waals surface area contributed by atoms with Crippen LogP contribution in [0.1, 0.15) is 42.5 Å². The monoisotopic (exact) mass is 391 g/mol. The van der Waals surface area contributed by atoms with Gasteiger partial charge >= 0.3 is 6.18 Å². The largest absolute Gasteiger partial charge is 0.507 e. The van der Waals surface area contributed by atoms with Crippen molar-refractivity contribution < 1.29 is 18.3 Å². The molecular formula is C21H24F3N3O. The van der Waals surface area contributed by atoms with Gasteiger partial charge in [0.25, 0.3) is 0 Å². The Balaban J connectivity index is 1.54. The van der Waals surface area contributed by atoms with Gasteiger partial charge in [0, 0.05) is 17.6 Å². The number of phenols is 1. The van der Waals surface area contributed by atoms with Crippen LogP contribution in [0, 0.1) is 12.8 Å². The zero-order valence-electron chi connectivity index (χ0n) is 16.0. The molecule has 28 heavy (non-hydrogen) atoms. The van der Waals surface area contributed by atoms with Crippen molar-refractivity contribution in [1.29, 1.82) is 0 Å². The number of hydrogen-bond donors (Lipinski definition) is 1. The summed E-state index contributed by atoms with van der Waals surface area (Å²) in [4.78, 5) is 2.50. The van der Waals surface area contributed by atoms with Crippen LogP contribution in [0.3, 0.4) is 0 Å². The average Bonchev–Trinajstić information content (AvgIpc) is 2.85. The Morgan fingerprint density at radius 3 is 2.50 bits per heavy atom. The molecule has 150 valence electrons. The Morgan fingerprint density at radius 2 is 1.86 bits per heavy atom. The lowest BCUT2D eigenvalue weighted by molar-refractivity contribution is -0.137. The van der Waals surface area contributed by atoms with Crippen molar-refractivity contribution in [3.8, 4) is 17.0 Å². The van der Waals surface area contributed by atoms with E-state index < -0.39 is 17.5 Å². The Kier molecular flexibility index (Phi) is 4.81. The van der Waals surface area contributed by atoms with Crippen molar-refractivity contribution in [2.45, 2.75) is 57.3 Å². The molecule has 7 heteroatoms. The number of aryl methyl sites for hydroxylation is 1. The molecule has 1 N–H and O–H groups in total. The second kappa shape index (κ2) is 7.03. The molecule has 1 aromatic carbocycles. The van der Waals surface area contributed by atoms with Crippen molar-refractivity contribution in [1.82, 2.24) is 15.1 Å². The normalized spacial score (nSPS) is 25.2. The van der Waals surface area contributed by atoms with E-state index in [9.17, 15) is 18.3 Å². The van der Waals surface area contributed by atoms with Crippen LogP contribution in [-0.4, -0.2) is 39.3 Å². The molecule has 2 aliphatic rings. The molecule has 2 saturated heterocycles. The summed E-state index contributed by atoms with van der Waals surface area (Å²) in [5.41, 5.74) is 1.01. The van der Waals surface area contributed by atoms with Crippen LogP contribution < -0.4 is 0 Å². The Bertz CT molecular complexity index is 843. The van der Waals surface area contributed by atoms with Crippen LogP contribution >= 0.6 is 0 Å². The molecule has 3 heterocycles. The Morgan fingerprint density at radius 1 is 1.11 bits per heavy atom. The summed E-state index contributed by atoms with van der Waals surface area (Å²) in [5.74, 6) is 0.130. The van der Waals surface area contributed by atoms with Crippen molar-refractivity contribution in [3.05, 3.63) is 41.1 Å². The van der Waals surface area contributed by atoms with Gasteiger partial charge in [0.1, 0.15) is 5.75 Å². The smallest absolute Gasteiger partial charge is 0.416 e. The van der Waals surface area contributed by atoms with E-state index in [1.54, 1.807) is 6.07 Å². The number of piperidine rings is 1. The van der Waals surface area contributed by atoms with E-state index in [-0.39, 0.29) is 0 Å². The molecule has 4 rings (SSSR count). The number of halogens is 3. The molecule has 2 fully saturated rings. The van der Waals surface area contributed by atoms with Gasteiger partial charge in [-0.15, -0.1) is 0 Å². The maximum Gasteiger partial charge on any atom is 0.416 e. The van der Waals surface area contributed by atoms with Crippen LogP contribution in [0.4, 0.5) is 13.2 Å². The molecule has 0 radical (unpaired) electrons. The Hall–Kier alpha value is -2.15. The lowest BCUT2D eigenvalue weighted by Gasteiger charge is -2.37. The molecule has 0 aliphatic carbocycles. The van der Waals surface area contributed by atoms with Gasteiger partial charge in [-0.25, -0.2) is 0 Å². The van der Waals surface area contributed by atoms with E-state index >= 15 is 0 Å². The number of phenolic OH excluding ortho intramolecular Hbond substituents is 1. The fourth-order valence-electron chi connectivity index (χ4n) is 4.93. The third kappa shape index (κ3) is 3.48. The van der Waals surface area contributed by atoms with Gasteiger partial charge in [0.2, 0.25) is 0 Å². The molecule has 3 atom stereocenters. The van der Waals surface area contributed by atoms with Crippen molar-refractivity contribution in [2.75, 3.05) is 7.05 Å². The summed E-state index contributed by atoms with van der Waals surface area (Å²) >= 11 is 0. The van der Waals surface area contributed by atoms with Crippen LogP contribution in [0.2, 0.25) is 0 Å². The third-order valence-corrected chi connectivity index (χ3v) is 6.40. The van der Waals surface area contributed by atoms with Gasteiger partial charge in [0.05, 0.1) is 17.0 Å². The lowest BCUT2D eigenvalue weighted by atomic mass is 9.87. The first-order chi connectivity index (χ1) is 13.2. The molecule has 1 aromatic heterocycles. The standard InChI is InChI=1S/C21H24F3N3O/c1-12-9-14(21(22,23)24)11-19(28)20(12)17-7-4-15(25-26-17)10-13-3-5-16-6-8-18(13)27(16)2/h4,7,9,11,13,16,18,28H,3,5-6,8,10H2,1-2H3. The molecule has 0 amide bonds. The molecule has 2 aromatic rings. The molecule has 2 bridgehead atoms. The van der Waals surface area contributed by atoms with Gasteiger partial charge in [-0.1, -0.05) is 0 Å². The summed E-state index contributed by atoms with van der Waals surface area (Å²) in [5, 5.41) is 18.7. The minimum absolute atomic E-state index is 0.295. The maximum absolute atomic E-state index is 12.9. The first-order valence-corrected chi connectivity index (χ1v) is 9.69. The number of aromatic hydroxyl groups is 1. The quantitative estimate of drug-likeness (QED) is 0.831. The zero-order valence-corrected chi connectivity index (χ0v) is 16.0. The minimum atomic E-state index is -4.50. The zero-order chi connectivity index (χ0) is 20.1. The highest BCUT2D eigenvalue weighted by Gasteiger charge is 2.40.